The van der Waals surface area contributed by atoms with Gasteiger partial charge in [0.25, 0.3) is 0 Å². The summed E-state index contributed by atoms with van der Waals surface area (Å²) in [6.07, 6.45) is 0.938. The zero-order valence-corrected chi connectivity index (χ0v) is 7.94. The molecule has 0 unspecified atom stereocenters. The first-order valence-electron chi connectivity index (χ1n) is 3.93. The van der Waals surface area contributed by atoms with E-state index in [0.29, 0.717) is 6.61 Å². The van der Waals surface area contributed by atoms with E-state index in [9.17, 15) is 0 Å². The van der Waals surface area contributed by atoms with Crippen LogP contribution in [0.3, 0.4) is 0 Å². The second kappa shape index (κ2) is 4.52. The molecule has 0 spiro atoms. The van der Waals surface area contributed by atoms with Crippen LogP contribution in [-0.2, 0) is 9.78 Å². The lowest BCUT2D eigenvalue weighted by atomic mass is 10.2. The SMILES string of the molecule is C=C(CC)COOC(C)(C)C. The molecule has 66 valence electrons. The second-order valence-electron chi connectivity index (χ2n) is 3.56. The van der Waals surface area contributed by atoms with Gasteiger partial charge in [-0.05, 0) is 32.8 Å². The molecule has 0 aliphatic carbocycles. The summed E-state index contributed by atoms with van der Waals surface area (Å²) >= 11 is 0. The third-order valence-electron chi connectivity index (χ3n) is 1.07. The van der Waals surface area contributed by atoms with Crippen molar-refractivity contribution in [2.45, 2.75) is 39.7 Å². The second-order valence-corrected chi connectivity index (χ2v) is 3.56. The Balaban J connectivity index is 3.35. The van der Waals surface area contributed by atoms with Crippen molar-refractivity contribution in [1.29, 1.82) is 0 Å². The molecule has 0 fully saturated rings. The van der Waals surface area contributed by atoms with Crippen LogP contribution in [0.4, 0.5) is 0 Å². The van der Waals surface area contributed by atoms with Crippen LogP contribution >= 0.6 is 0 Å². The minimum absolute atomic E-state index is 0.228. The van der Waals surface area contributed by atoms with E-state index in [0.717, 1.165) is 12.0 Å². The van der Waals surface area contributed by atoms with Gasteiger partial charge in [-0.1, -0.05) is 13.5 Å². The smallest absolute Gasteiger partial charge is 0.103 e. The van der Waals surface area contributed by atoms with Crippen LogP contribution in [0.15, 0.2) is 12.2 Å². The molecule has 0 N–H and O–H groups in total. The van der Waals surface area contributed by atoms with Crippen LogP contribution in [-0.4, -0.2) is 12.2 Å². The van der Waals surface area contributed by atoms with Gasteiger partial charge in [0.05, 0.1) is 5.60 Å². The minimum Gasteiger partial charge on any atom is -0.232 e. The van der Waals surface area contributed by atoms with Gasteiger partial charge in [-0.3, -0.25) is 0 Å². The predicted octanol–water partition coefficient (Wildman–Crippen LogP) is 2.70. The van der Waals surface area contributed by atoms with Crippen molar-refractivity contribution in [2.24, 2.45) is 0 Å². The molecule has 11 heavy (non-hydrogen) atoms. The van der Waals surface area contributed by atoms with E-state index in [1.807, 2.05) is 27.7 Å². The molecule has 2 heteroatoms. The first-order valence-corrected chi connectivity index (χ1v) is 3.93. The Hall–Kier alpha value is -0.340. The maximum absolute atomic E-state index is 5.04. The summed E-state index contributed by atoms with van der Waals surface area (Å²) in [5.74, 6) is 0. The molecule has 0 aromatic carbocycles. The van der Waals surface area contributed by atoms with Crippen LogP contribution in [0.1, 0.15) is 34.1 Å². The Labute approximate surface area is 69.1 Å². The molecular weight excluding hydrogens is 140 g/mol. The van der Waals surface area contributed by atoms with Gasteiger partial charge in [0.2, 0.25) is 0 Å². The van der Waals surface area contributed by atoms with Gasteiger partial charge in [-0.25, -0.2) is 9.78 Å². The van der Waals surface area contributed by atoms with Crippen molar-refractivity contribution in [3.05, 3.63) is 12.2 Å². The van der Waals surface area contributed by atoms with Crippen molar-refractivity contribution in [1.82, 2.24) is 0 Å². The average molecular weight is 158 g/mol. The normalized spacial score (nSPS) is 11.6. The first kappa shape index (κ1) is 10.7. The van der Waals surface area contributed by atoms with Gasteiger partial charge in [0.1, 0.15) is 6.61 Å². The number of rotatable bonds is 4. The van der Waals surface area contributed by atoms with E-state index in [4.69, 9.17) is 9.78 Å². The Morgan fingerprint density at radius 3 is 2.27 bits per heavy atom. The minimum atomic E-state index is -0.228. The summed E-state index contributed by atoms with van der Waals surface area (Å²) in [5, 5.41) is 0. The van der Waals surface area contributed by atoms with E-state index >= 15 is 0 Å². The Morgan fingerprint density at radius 2 is 1.91 bits per heavy atom. The summed E-state index contributed by atoms with van der Waals surface area (Å²) in [5.41, 5.74) is 0.822. The van der Waals surface area contributed by atoms with Crippen LogP contribution in [0, 0.1) is 0 Å². The van der Waals surface area contributed by atoms with Crippen molar-refractivity contribution >= 4 is 0 Å². The number of hydrogen-bond acceptors (Lipinski definition) is 2. The van der Waals surface area contributed by atoms with Gasteiger partial charge in [-0.15, -0.1) is 0 Å². The highest BCUT2D eigenvalue weighted by Crippen LogP contribution is 2.08. The average Bonchev–Trinajstić information content (AvgIpc) is 1.85. The predicted molar refractivity (Wildman–Crippen MR) is 46.2 cm³/mol. The molecule has 2 nitrogen and oxygen atoms in total. The fourth-order valence-corrected chi connectivity index (χ4v) is 0.392. The highest BCUT2D eigenvalue weighted by atomic mass is 17.2. The van der Waals surface area contributed by atoms with E-state index in [1.165, 1.54) is 0 Å². The van der Waals surface area contributed by atoms with Crippen molar-refractivity contribution in [3.8, 4) is 0 Å². The molecule has 0 amide bonds. The third-order valence-corrected chi connectivity index (χ3v) is 1.07. The van der Waals surface area contributed by atoms with E-state index < -0.39 is 0 Å². The van der Waals surface area contributed by atoms with Crippen molar-refractivity contribution in [3.63, 3.8) is 0 Å². The fraction of sp³-hybridized carbons (Fsp3) is 0.778. The van der Waals surface area contributed by atoms with Gasteiger partial charge in [-0.2, -0.15) is 0 Å². The largest absolute Gasteiger partial charge is 0.232 e. The first-order chi connectivity index (χ1) is 4.95. The molecule has 0 saturated carbocycles. The molecule has 0 heterocycles. The highest BCUT2D eigenvalue weighted by Gasteiger charge is 2.10. The van der Waals surface area contributed by atoms with Crippen LogP contribution in [0.5, 0.6) is 0 Å². The lowest BCUT2D eigenvalue weighted by Crippen LogP contribution is -2.19. The van der Waals surface area contributed by atoms with E-state index in [1.54, 1.807) is 0 Å². The molecular formula is C9H18O2. The van der Waals surface area contributed by atoms with Crippen LogP contribution in [0.2, 0.25) is 0 Å². The van der Waals surface area contributed by atoms with E-state index in [2.05, 4.69) is 6.58 Å². The molecule has 0 atom stereocenters. The maximum atomic E-state index is 5.04. The third kappa shape index (κ3) is 7.56. The molecule has 0 saturated heterocycles. The highest BCUT2D eigenvalue weighted by molar-refractivity contribution is 4.91. The quantitative estimate of drug-likeness (QED) is 0.356. The topological polar surface area (TPSA) is 18.5 Å². The van der Waals surface area contributed by atoms with Crippen LogP contribution in [0.25, 0.3) is 0 Å². The summed E-state index contributed by atoms with van der Waals surface area (Å²) < 4.78 is 0. The molecule has 0 bridgehead atoms. The zero-order valence-electron chi connectivity index (χ0n) is 7.94. The molecule has 0 radical (unpaired) electrons. The fourth-order valence-electron chi connectivity index (χ4n) is 0.392. The van der Waals surface area contributed by atoms with Gasteiger partial charge < -0.3 is 0 Å². The van der Waals surface area contributed by atoms with Gasteiger partial charge >= 0.3 is 0 Å². The Kier molecular flexibility index (Phi) is 4.38. The van der Waals surface area contributed by atoms with Crippen molar-refractivity contribution in [2.75, 3.05) is 6.61 Å². The Bertz CT molecular complexity index is 122. The van der Waals surface area contributed by atoms with Crippen LogP contribution < -0.4 is 0 Å². The lowest BCUT2D eigenvalue weighted by molar-refractivity contribution is -0.343. The molecule has 0 aromatic heterocycles. The molecule has 0 rings (SSSR count). The summed E-state index contributed by atoms with van der Waals surface area (Å²) in [6.45, 7) is 12.2. The molecule has 0 aliphatic rings. The van der Waals surface area contributed by atoms with Gasteiger partial charge in [0, 0.05) is 0 Å². The summed E-state index contributed by atoms with van der Waals surface area (Å²) in [4.78, 5) is 9.99. The van der Waals surface area contributed by atoms with E-state index in [-0.39, 0.29) is 5.60 Å². The maximum Gasteiger partial charge on any atom is 0.103 e. The van der Waals surface area contributed by atoms with Gasteiger partial charge in [0.15, 0.2) is 0 Å². The molecule has 0 aliphatic heterocycles. The lowest BCUT2D eigenvalue weighted by Gasteiger charge is -2.17. The van der Waals surface area contributed by atoms with Crippen molar-refractivity contribution < 1.29 is 9.78 Å². The monoisotopic (exact) mass is 158 g/mol. The standard InChI is InChI=1S/C9H18O2/c1-6-8(2)7-10-11-9(3,4)5/h2,6-7H2,1,3-5H3. The Morgan fingerprint density at radius 1 is 1.36 bits per heavy atom. The summed E-state index contributed by atoms with van der Waals surface area (Å²) in [6, 6.07) is 0. The summed E-state index contributed by atoms with van der Waals surface area (Å²) in [7, 11) is 0. The number of hydrogen-bond donors (Lipinski definition) is 0. The zero-order chi connectivity index (χ0) is 8.91. The molecule has 0 aromatic rings.